The highest BCUT2D eigenvalue weighted by atomic mass is 32.2. The fourth-order valence-electron chi connectivity index (χ4n) is 3.52. The summed E-state index contributed by atoms with van der Waals surface area (Å²) in [6, 6.07) is 4.38. The molecule has 2 atom stereocenters. The van der Waals surface area contributed by atoms with Crippen LogP contribution in [0.15, 0.2) is 29.4 Å². The van der Waals surface area contributed by atoms with Gasteiger partial charge in [0.2, 0.25) is 10.0 Å². The zero-order valence-electron chi connectivity index (χ0n) is 11.7. The highest BCUT2D eigenvalue weighted by molar-refractivity contribution is 7.89. The topological polar surface area (TPSA) is 62.3 Å². The first-order chi connectivity index (χ1) is 9.61. The van der Waals surface area contributed by atoms with E-state index in [0.29, 0.717) is 23.5 Å². The first-order valence-electron chi connectivity index (χ1n) is 7.29. The minimum Gasteiger partial charge on any atom is -0.311 e. The Morgan fingerprint density at radius 3 is 2.60 bits per heavy atom. The smallest absolute Gasteiger partial charge is 0.244 e. The minimum absolute atomic E-state index is 0.115. The second kappa shape index (κ2) is 5.42. The lowest BCUT2D eigenvalue weighted by Gasteiger charge is -2.36. The number of aromatic nitrogens is 1. The van der Waals surface area contributed by atoms with Crippen LogP contribution in [0, 0.1) is 0 Å². The number of rotatable bonds is 4. The van der Waals surface area contributed by atoms with Crippen molar-refractivity contribution in [1.29, 1.82) is 0 Å². The summed E-state index contributed by atoms with van der Waals surface area (Å²) in [5.41, 5.74) is 0. The maximum Gasteiger partial charge on any atom is 0.244 e. The first kappa shape index (κ1) is 14.0. The average Bonchev–Trinajstić information content (AvgIpc) is 2.79. The predicted octanol–water partition coefficient (Wildman–Crippen LogP) is 1.38. The summed E-state index contributed by atoms with van der Waals surface area (Å²) in [6.07, 6.45) is 7.22. The van der Waals surface area contributed by atoms with Crippen LogP contribution >= 0.6 is 0 Å². The summed E-state index contributed by atoms with van der Waals surface area (Å²) >= 11 is 0. The van der Waals surface area contributed by atoms with E-state index in [4.69, 9.17) is 0 Å². The van der Waals surface area contributed by atoms with Gasteiger partial charge in [-0.15, -0.1) is 0 Å². The lowest BCUT2D eigenvalue weighted by Crippen LogP contribution is -2.50. The quantitative estimate of drug-likeness (QED) is 0.911. The van der Waals surface area contributed by atoms with Gasteiger partial charge in [0.15, 0.2) is 0 Å². The van der Waals surface area contributed by atoms with Gasteiger partial charge < -0.3 is 5.32 Å². The van der Waals surface area contributed by atoms with Crippen LogP contribution in [-0.4, -0.2) is 42.4 Å². The second-order valence-electron chi connectivity index (χ2n) is 5.66. The molecule has 1 aromatic rings. The van der Waals surface area contributed by atoms with Gasteiger partial charge >= 0.3 is 0 Å². The maximum absolute atomic E-state index is 12.8. The van der Waals surface area contributed by atoms with Crippen molar-refractivity contribution in [2.45, 2.75) is 55.6 Å². The molecular formula is C14H21N3O2S. The first-order valence-corrected chi connectivity index (χ1v) is 8.73. The fourth-order valence-corrected chi connectivity index (χ4v) is 5.14. The van der Waals surface area contributed by atoms with Gasteiger partial charge in [0.05, 0.1) is 0 Å². The third-order valence-corrected chi connectivity index (χ3v) is 6.42. The van der Waals surface area contributed by atoms with Crippen LogP contribution in [0.4, 0.5) is 0 Å². The van der Waals surface area contributed by atoms with E-state index in [1.165, 1.54) is 19.0 Å². The van der Waals surface area contributed by atoms with E-state index in [-0.39, 0.29) is 6.04 Å². The molecule has 0 saturated carbocycles. The Labute approximate surface area is 120 Å². The molecule has 0 amide bonds. The van der Waals surface area contributed by atoms with Crippen LogP contribution in [0.5, 0.6) is 0 Å². The third-order valence-electron chi connectivity index (χ3n) is 4.41. The van der Waals surface area contributed by atoms with Gasteiger partial charge in [0.25, 0.3) is 0 Å². The van der Waals surface area contributed by atoms with Gasteiger partial charge in [0.1, 0.15) is 4.90 Å². The predicted molar refractivity (Wildman–Crippen MR) is 76.8 cm³/mol. The lowest BCUT2D eigenvalue weighted by atomic mass is 10.00. The van der Waals surface area contributed by atoms with Gasteiger partial charge in [-0.1, -0.05) is 6.92 Å². The van der Waals surface area contributed by atoms with Crippen molar-refractivity contribution in [3.05, 3.63) is 24.5 Å². The number of nitrogens with one attached hydrogen (secondary N) is 1. The van der Waals surface area contributed by atoms with Crippen LogP contribution in [0.25, 0.3) is 0 Å². The Morgan fingerprint density at radius 2 is 2.05 bits per heavy atom. The summed E-state index contributed by atoms with van der Waals surface area (Å²) in [7, 11) is -3.43. The normalized spacial score (nSPS) is 29.8. The molecule has 2 aliphatic rings. The zero-order chi connectivity index (χ0) is 14.2. The van der Waals surface area contributed by atoms with E-state index in [0.717, 1.165) is 12.8 Å². The number of sulfonamides is 1. The van der Waals surface area contributed by atoms with E-state index in [9.17, 15) is 8.42 Å². The Hall–Kier alpha value is -0.980. The lowest BCUT2D eigenvalue weighted by molar-refractivity contribution is 0.232. The van der Waals surface area contributed by atoms with Crippen LogP contribution in [0.2, 0.25) is 0 Å². The Morgan fingerprint density at radius 1 is 1.35 bits per heavy atom. The summed E-state index contributed by atoms with van der Waals surface area (Å²) < 4.78 is 27.2. The number of nitrogens with zero attached hydrogens (tertiary/aromatic N) is 2. The van der Waals surface area contributed by atoms with E-state index >= 15 is 0 Å². The molecule has 20 heavy (non-hydrogen) atoms. The average molecular weight is 295 g/mol. The van der Waals surface area contributed by atoms with Crippen molar-refractivity contribution >= 4 is 10.0 Å². The maximum atomic E-state index is 12.8. The molecule has 2 aliphatic heterocycles. The summed E-state index contributed by atoms with van der Waals surface area (Å²) in [5.74, 6) is 0. The molecule has 3 heterocycles. The Bertz CT molecular complexity index is 549. The molecule has 2 fully saturated rings. The molecule has 2 saturated heterocycles. The molecule has 2 unspecified atom stereocenters. The van der Waals surface area contributed by atoms with Crippen molar-refractivity contribution in [3.63, 3.8) is 0 Å². The van der Waals surface area contributed by atoms with Crippen molar-refractivity contribution in [3.8, 4) is 0 Å². The van der Waals surface area contributed by atoms with Gasteiger partial charge in [-0.3, -0.25) is 4.98 Å². The fraction of sp³-hybridized carbons (Fsp3) is 0.643. The van der Waals surface area contributed by atoms with Gasteiger partial charge in [-0.05, 0) is 37.8 Å². The molecule has 2 bridgehead atoms. The van der Waals surface area contributed by atoms with Crippen molar-refractivity contribution in [2.75, 3.05) is 6.54 Å². The van der Waals surface area contributed by atoms with E-state index in [1.54, 1.807) is 22.6 Å². The second-order valence-corrected chi connectivity index (χ2v) is 7.55. The van der Waals surface area contributed by atoms with E-state index in [1.807, 2.05) is 6.92 Å². The minimum atomic E-state index is -3.43. The molecular weight excluding hydrogens is 274 g/mol. The largest absolute Gasteiger partial charge is 0.311 e. The van der Waals surface area contributed by atoms with Crippen LogP contribution in [0.3, 0.4) is 0 Å². The molecule has 1 aromatic heterocycles. The van der Waals surface area contributed by atoms with Crippen LogP contribution in [-0.2, 0) is 10.0 Å². The molecule has 0 aliphatic carbocycles. The number of piperidine rings is 1. The molecule has 6 heteroatoms. The van der Waals surface area contributed by atoms with Crippen LogP contribution in [0.1, 0.15) is 32.6 Å². The highest BCUT2D eigenvalue weighted by Gasteiger charge is 2.39. The van der Waals surface area contributed by atoms with Crippen molar-refractivity contribution in [2.24, 2.45) is 0 Å². The summed E-state index contributed by atoms with van der Waals surface area (Å²) in [5, 5.41) is 3.56. The number of hydrogen-bond acceptors (Lipinski definition) is 4. The number of hydrogen-bond donors (Lipinski definition) is 1. The molecule has 110 valence electrons. The highest BCUT2D eigenvalue weighted by Crippen LogP contribution is 2.32. The molecule has 3 rings (SSSR count). The van der Waals surface area contributed by atoms with Crippen molar-refractivity contribution < 1.29 is 8.42 Å². The van der Waals surface area contributed by atoms with Crippen LogP contribution < -0.4 is 5.32 Å². The van der Waals surface area contributed by atoms with Crippen molar-refractivity contribution in [1.82, 2.24) is 14.6 Å². The van der Waals surface area contributed by atoms with E-state index < -0.39 is 10.0 Å². The molecule has 0 aromatic carbocycles. The van der Waals surface area contributed by atoms with Gasteiger partial charge in [0, 0.05) is 37.1 Å². The summed E-state index contributed by atoms with van der Waals surface area (Å²) in [6.45, 7) is 2.43. The SMILES string of the molecule is CCN(C1CC2CCC(C1)N2)S(=O)(=O)c1cccnc1. The summed E-state index contributed by atoms with van der Waals surface area (Å²) in [4.78, 5) is 4.24. The van der Waals surface area contributed by atoms with E-state index in [2.05, 4.69) is 10.3 Å². The zero-order valence-corrected chi connectivity index (χ0v) is 12.5. The number of fused-ring (bicyclic) bond motifs is 2. The molecule has 5 nitrogen and oxygen atoms in total. The third kappa shape index (κ3) is 2.47. The molecule has 1 N–H and O–H groups in total. The van der Waals surface area contributed by atoms with Gasteiger partial charge in [-0.25, -0.2) is 8.42 Å². The Balaban J connectivity index is 1.86. The molecule has 0 radical (unpaired) electrons. The van der Waals surface area contributed by atoms with Gasteiger partial charge in [-0.2, -0.15) is 4.31 Å². The number of pyridine rings is 1. The monoisotopic (exact) mass is 295 g/mol. The Kier molecular flexibility index (Phi) is 3.79. The molecule has 0 spiro atoms. The standard InChI is InChI=1S/C14H21N3O2S/c1-2-17(13-8-11-5-6-12(9-13)16-11)20(18,19)14-4-3-7-15-10-14/h3-4,7,10-13,16H,2,5-6,8-9H2,1H3.